The van der Waals surface area contributed by atoms with E-state index in [0.29, 0.717) is 18.8 Å². The van der Waals surface area contributed by atoms with Gasteiger partial charge in [-0.1, -0.05) is 0 Å². The van der Waals surface area contributed by atoms with Crippen molar-refractivity contribution in [1.29, 1.82) is 0 Å². The summed E-state index contributed by atoms with van der Waals surface area (Å²) in [6.07, 6.45) is 3.89. The SMILES string of the molecule is CC(C)n1cc(Br)cc1C(=O)NCCNC(=O)C1CC1. The van der Waals surface area contributed by atoms with Crippen molar-refractivity contribution in [3.05, 3.63) is 22.4 Å². The largest absolute Gasteiger partial charge is 0.354 e. The Hall–Kier alpha value is -1.30. The molecule has 6 heteroatoms. The molecule has 0 spiro atoms. The van der Waals surface area contributed by atoms with Gasteiger partial charge in [0.05, 0.1) is 0 Å². The monoisotopic (exact) mass is 341 g/mol. The molecule has 1 aliphatic carbocycles. The minimum absolute atomic E-state index is 0.104. The van der Waals surface area contributed by atoms with E-state index in [0.717, 1.165) is 17.3 Å². The molecule has 2 N–H and O–H groups in total. The van der Waals surface area contributed by atoms with Crippen LogP contribution in [0.5, 0.6) is 0 Å². The number of carbonyl (C=O) groups is 2. The molecule has 20 heavy (non-hydrogen) atoms. The van der Waals surface area contributed by atoms with Crippen molar-refractivity contribution in [3.63, 3.8) is 0 Å². The molecule has 2 amide bonds. The van der Waals surface area contributed by atoms with Crippen LogP contribution < -0.4 is 10.6 Å². The maximum Gasteiger partial charge on any atom is 0.268 e. The second kappa shape index (κ2) is 6.43. The molecule has 1 aromatic rings. The molecule has 1 aromatic heterocycles. The molecule has 1 fully saturated rings. The minimum atomic E-state index is -0.120. The van der Waals surface area contributed by atoms with Gasteiger partial charge in [0.15, 0.2) is 0 Å². The zero-order valence-corrected chi connectivity index (χ0v) is 13.4. The van der Waals surface area contributed by atoms with E-state index in [1.54, 1.807) is 6.07 Å². The highest BCUT2D eigenvalue weighted by Gasteiger charge is 2.29. The van der Waals surface area contributed by atoms with E-state index in [-0.39, 0.29) is 23.8 Å². The molecule has 1 saturated carbocycles. The van der Waals surface area contributed by atoms with Gasteiger partial charge in [0.25, 0.3) is 5.91 Å². The van der Waals surface area contributed by atoms with E-state index < -0.39 is 0 Å². The summed E-state index contributed by atoms with van der Waals surface area (Å²) in [6, 6.07) is 2.02. The second-order valence-corrected chi connectivity index (χ2v) is 6.28. The number of carbonyl (C=O) groups excluding carboxylic acids is 2. The average molecular weight is 342 g/mol. The lowest BCUT2D eigenvalue weighted by Gasteiger charge is -2.12. The lowest BCUT2D eigenvalue weighted by Crippen LogP contribution is -2.36. The molecule has 0 atom stereocenters. The summed E-state index contributed by atoms with van der Waals surface area (Å²) in [5.74, 6) is 0.192. The van der Waals surface area contributed by atoms with E-state index in [1.807, 2.05) is 24.6 Å². The van der Waals surface area contributed by atoms with E-state index in [2.05, 4.69) is 26.6 Å². The predicted octanol–water partition coefficient (Wildman–Crippen LogP) is 2.09. The fourth-order valence-corrected chi connectivity index (χ4v) is 2.43. The van der Waals surface area contributed by atoms with Gasteiger partial charge in [0, 0.05) is 35.7 Å². The van der Waals surface area contributed by atoms with Crippen LogP contribution in [0.2, 0.25) is 0 Å². The third-order valence-electron chi connectivity index (χ3n) is 3.26. The van der Waals surface area contributed by atoms with Gasteiger partial charge >= 0.3 is 0 Å². The third kappa shape index (κ3) is 3.85. The van der Waals surface area contributed by atoms with Crippen LogP contribution in [0.15, 0.2) is 16.7 Å². The van der Waals surface area contributed by atoms with E-state index in [4.69, 9.17) is 0 Å². The number of hydrogen-bond acceptors (Lipinski definition) is 2. The van der Waals surface area contributed by atoms with Crippen LogP contribution in [0.4, 0.5) is 0 Å². The van der Waals surface area contributed by atoms with Gasteiger partial charge in [-0.3, -0.25) is 9.59 Å². The van der Waals surface area contributed by atoms with Gasteiger partial charge < -0.3 is 15.2 Å². The van der Waals surface area contributed by atoms with Crippen molar-refractivity contribution in [2.75, 3.05) is 13.1 Å². The first kappa shape index (κ1) is 15.1. The van der Waals surface area contributed by atoms with Crippen LogP contribution in [0, 0.1) is 5.92 Å². The second-order valence-electron chi connectivity index (χ2n) is 5.37. The highest BCUT2D eigenvalue weighted by molar-refractivity contribution is 9.10. The smallest absolute Gasteiger partial charge is 0.268 e. The molecule has 0 unspecified atom stereocenters. The number of hydrogen-bond donors (Lipinski definition) is 2. The molecule has 0 aromatic carbocycles. The van der Waals surface area contributed by atoms with E-state index in [9.17, 15) is 9.59 Å². The first-order chi connectivity index (χ1) is 9.49. The van der Waals surface area contributed by atoms with Crippen LogP contribution in [-0.4, -0.2) is 29.5 Å². The number of halogens is 1. The molecular formula is C14H20BrN3O2. The summed E-state index contributed by atoms with van der Waals surface area (Å²) in [6.45, 7) is 4.97. The Morgan fingerprint density at radius 1 is 1.35 bits per heavy atom. The minimum Gasteiger partial charge on any atom is -0.354 e. The summed E-state index contributed by atoms with van der Waals surface area (Å²) >= 11 is 3.39. The Kier molecular flexibility index (Phi) is 4.86. The highest BCUT2D eigenvalue weighted by atomic mass is 79.9. The topological polar surface area (TPSA) is 63.1 Å². The van der Waals surface area contributed by atoms with Crippen LogP contribution in [0.3, 0.4) is 0 Å². The predicted molar refractivity (Wildman–Crippen MR) is 80.6 cm³/mol. The van der Waals surface area contributed by atoms with Crippen LogP contribution in [0.25, 0.3) is 0 Å². The molecule has 5 nitrogen and oxygen atoms in total. The lowest BCUT2D eigenvalue weighted by atomic mass is 10.3. The number of nitrogens with zero attached hydrogens (tertiary/aromatic N) is 1. The summed E-state index contributed by atoms with van der Waals surface area (Å²) in [5.41, 5.74) is 0.625. The van der Waals surface area contributed by atoms with Crippen molar-refractivity contribution in [2.45, 2.75) is 32.7 Å². The quantitative estimate of drug-likeness (QED) is 0.778. The Morgan fingerprint density at radius 3 is 2.60 bits per heavy atom. The molecular weight excluding hydrogens is 322 g/mol. The van der Waals surface area contributed by atoms with Crippen molar-refractivity contribution < 1.29 is 9.59 Å². The molecule has 0 radical (unpaired) electrons. The molecule has 0 bridgehead atoms. The Labute approximate surface area is 127 Å². The molecule has 110 valence electrons. The normalized spacial score (nSPS) is 14.4. The first-order valence-electron chi connectivity index (χ1n) is 6.92. The Balaban J connectivity index is 1.80. The lowest BCUT2D eigenvalue weighted by molar-refractivity contribution is -0.122. The summed E-state index contributed by atoms with van der Waals surface area (Å²) in [5, 5.41) is 5.65. The zero-order valence-electron chi connectivity index (χ0n) is 11.8. The van der Waals surface area contributed by atoms with Gasteiger partial charge in [-0.15, -0.1) is 0 Å². The standard InChI is InChI=1S/C14H20BrN3O2/c1-9(2)18-8-11(15)7-12(18)14(20)17-6-5-16-13(19)10-3-4-10/h7-10H,3-6H2,1-2H3,(H,16,19)(H,17,20). The van der Waals surface area contributed by atoms with Gasteiger partial charge in [-0.2, -0.15) is 0 Å². The summed E-state index contributed by atoms with van der Waals surface area (Å²) in [7, 11) is 0. The summed E-state index contributed by atoms with van der Waals surface area (Å²) < 4.78 is 2.81. The Morgan fingerprint density at radius 2 is 2.00 bits per heavy atom. The number of aromatic nitrogens is 1. The van der Waals surface area contributed by atoms with Crippen molar-refractivity contribution in [3.8, 4) is 0 Å². The Bertz CT molecular complexity index is 507. The highest BCUT2D eigenvalue weighted by Crippen LogP contribution is 2.28. The first-order valence-corrected chi connectivity index (χ1v) is 7.71. The molecule has 0 aliphatic heterocycles. The number of amides is 2. The van der Waals surface area contributed by atoms with Crippen molar-refractivity contribution in [2.24, 2.45) is 5.92 Å². The summed E-state index contributed by atoms with van der Waals surface area (Å²) in [4.78, 5) is 23.5. The third-order valence-corrected chi connectivity index (χ3v) is 3.70. The van der Waals surface area contributed by atoms with Gasteiger partial charge in [-0.05, 0) is 48.7 Å². The maximum absolute atomic E-state index is 12.1. The average Bonchev–Trinajstić information content (AvgIpc) is 3.16. The molecule has 1 aliphatic rings. The van der Waals surface area contributed by atoms with Crippen LogP contribution in [-0.2, 0) is 4.79 Å². The van der Waals surface area contributed by atoms with Crippen molar-refractivity contribution >= 4 is 27.7 Å². The molecule has 2 rings (SSSR count). The van der Waals surface area contributed by atoms with Gasteiger partial charge in [0.1, 0.15) is 5.69 Å². The van der Waals surface area contributed by atoms with E-state index >= 15 is 0 Å². The van der Waals surface area contributed by atoms with Gasteiger partial charge in [0.2, 0.25) is 5.91 Å². The van der Waals surface area contributed by atoms with Crippen molar-refractivity contribution in [1.82, 2.24) is 15.2 Å². The number of nitrogens with one attached hydrogen (secondary N) is 2. The fourth-order valence-electron chi connectivity index (χ4n) is 2.00. The number of rotatable bonds is 6. The van der Waals surface area contributed by atoms with Crippen LogP contribution >= 0.6 is 15.9 Å². The molecule has 0 saturated heterocycles. The van der Waals surface area contributed by atoms with Crippen LogP contribution in [0.1, 0.15) is 43.2 Å². The molecule has 1 heterocycles. The van der Waals surface area contributed by atoms with E-state index in [1.165, 1.54) is 0 Å². The maximum atomic E-state index is 12.1. The zero-order chi connectivity index (χ0) is 14.7. The fraction of sp³-hybridized carbons (Fsp3) is 0.571. The van der Waals surface area contributed by atoms with Gasteiger partial charge in [-0.25, -0.2) is 0 Å².